The Morgan fingerprint density at radius 3 is 2.52 bits per heavy atom. The smallest absolute Gasteiger partial charge is 0.210 e. The summed E-state index contributed by atoms with van der Waals surface area (Å²) in [4.78, 5) is 4.31. The van der Waals surface area contributed by atoms with Gasteiger partial charge in [-0.3, -0.25) is 0 Å². The third kappa shape index (κ3) is 3.64. The predicted octanol–water partition coefficient (Wildman–Crippen LogP) is 4.22. The normalized spacial score (nSPS) is 14.5. The first-order valence-corrected chi connectivity index (χ1v) is 7.16. The molecular weight excluding hydrogens is 284 g/mol. The first-order valence-electron chi connectivity index (χ1n) is 6.78. The highest BCUT2D eigenvalue weighted by atomic mass is 35.5. The van der Waals surface area contributed by atoms with Crippen LogP contribution in [0.4, 0.5) is 5.69 Å². The van der Waals surface area contributed by atoms with Gasteiger partial charge in [-0.05, 0) is 29.8 Å². The van der Waals surface area contributed by atoms with Crippen molar-refractivity contribution in [3.05, 3.63) is 71.3 Å². The highest BCUT2D eigenvalue weighted by Gasteiger charge is 2.08. The molecule has 1 N–H and O–H groups in total. The van der Waals surface area contributed by atoms with Gasteiger partial charge in [0.2, 0.25) is 5.90 Å². The number of hydrogen-bond donors (Lipinski definition) is 1. The molecule has 0 aliphatic carbocycles. The van der Waals surface area contributed by atoms with Crippen LogP contribution in [0.15, 0.2) is 65.7 Å². The van der Waals surface area contributed by atoms with Crippen molar-refractivity contribution >= 4 is 28.9 Å². The molecule has 1 aliphatic rings. The summed E-state index contributed by atoms with van der Waals surface area (Å²) in [6.07, 6.45) is 1.93. The molecule has 0 atom stereocenters. The lowest BCUT2D eigenvalue weighted by molar-refractivity contribution is 0.350. The molecule has 0 bridgehead atoms. The summed E-state index contributed by atoms with van der Waals surface area (Å²) in [6.45, 7) is 1.36. The summed E-state index contributed by atoms with van der Waals surface area (Å²) >= 11 is 5.92. The summed E-state index contributed by atoms with van der Waals surface area (Å²) in [7, 11) is 0. The SMILES string of the molecule is Clc1ccc(NC(=CC2=NCCO2)c2ccccc2)cc1. The first-order chi connectivity index (χ1) is 10.3. The van der Waals surface area contributed by atoms with Gasteiger partial charge in [0.15, 0.2) is 0 Å². The standard InChI is InChI=1S/C17H15ClN2O/c18-14-6-8-15(9-7-14)20-16(12-17-19-10-11-21-17)13-4-2-1-3-5-13/h1-9,12,20H,10-11H2. The molecule has 2 aromatic carbocycles. The Bertz CT molecular complexity index is 663. The van der Waals surface area contributed by atoms with Crippen molar-refractivity contribution < 1.29 is 4.74 Å². The van der Waals surface area contributed by atoms with E-state index in [2.05, 4.69) is 10.3 Å². The van der Waals surface area contributed by atoms with Gasteiger partial charge in [0.25, 0.3) is 0 Å². The van der Waals surface area contributed by atoms with E-state index in [-0.39, 0.29) is 0 Å². The molecule has 0 fully saturated rings. The quantitative estimate of drug-likeness (QED) is 0.917. The largest absolute Gasteiger partial charge is 0.476 e. The van der Waals surface area contributed by atoms with Gasteiger partial charge >= 0.3 is 0 Å². The van der Waals surface area contributed by atoms with Gasteiger partial charge in [0.1, 0.15) is 6.61 Å². The molecule has 1 aliphatic heterocycles. The van der Waals surface area contributed by atoms with E-state index in [9.17, 15) is 0 Å². The van der Waals surface area contributed by atoms with Gasteiger partial charge in [-0.2, -0.15) is 0 Å². The number of aliphatic imine (C=N–C) groups is 1. The monoisotopic (exact) mass is 298 g/mol. The molecule has 106 valence electrons. The lowest BCUT2D eigenvalue weighted by Gasteiger charge is -2.12. The Morgan fingerprint density at radius 1 is 1.10 bits per heavy atom. The van der Waals surface area contributed by atoms with Crippen molar-refractivity contribution in [3.8, 4) is 0 Å². The number of rotatable bonds is 4. The number of anilines is 1. The maximum Gasteiger partial charge on any atom is 0.210 e. The molecule has 0 radical (unpaired) electrons. The van der Waals surface area contributed by atoms with Gasteiger partial charge in [-0.15, -0.1) is 0 Å². The van der Waals surface area contributed by atoms with E-state index >= 15 is 0 Å². The zero-order valence-corrected chi connectivity index (χ0v) is 12.2. The highest BCUT2D eigenvalue weighted by Crippen LogP contribution is 2.21. The van der Waals surface area contributed by atoms with Crippen LogP contribution >= 0.6 is 11.6 Å². The number of nitrogens with zero attached hydrogens (tertiary/aromatic N) is 1. The summed E-state index contributed by atoms with van der Waals surface area (Å²) < 4.78 is 5.47. The van der Waals surface area contributed by atoms with E-state index in [0.29, 0.717) is 17.5 Å². The van der Waals surface area contributed by atoms with E-state index in [1.165, 1.54) is 0 Å². The molecule has 4 heteroatoms. The molecule has 2 aromatic rings. The molecular formula is C17H15ClN2O. The van der Waals surface area contributed by atoms with Crippen molar-refractivity contribution in [1.82, 2.24) is 0 Å². The van der Waals surface area contributed by atoms with E-state index < -0.39 is 0 Å². The van der Waals surface area contributed by atoms with Crippen LogP contribution < -0.4 is 5.32 Å². The lowest BCUT2D eigenvalue weighted by Crippen LogP contribution is -2.03. The van der Waals surface area contributed by atoms with Crippen LogP contribution in [-0.4, -0.2) is 19.0 Å². The Kier molecular flexibility index (Phi) is 4.22. The van der Waals surface area contributed by atoms with Crippen LogP contribution in [0.2, 0.25) is 5.02 Å². The number of nitrogens with one attached hydrogen (secondary N) is 1. The Morgan fingerprint density at radius 2 is 1.86 bits per heavy atom. The summed E-state index contributed by atoms with van der Waals surface area (Å²) in [5.74, 6) is 0.662. The Hall–Kier alpha value is -2.26. The second-order valence-corrected chi connectivity index (χ2v) is 5.06. The van der Waals surface area contributed by atoms with Gasteiger partial charge in [-0.1, -0.05) is 41.9 Å². The zero-order chi connectivity index (χ0) is 14.5. The average molecular weight is 299 g/mol. The number of hydrogen-bond acceptors (Lipinski definition) is 3. The van der Waals surface area contributed by atoms with Crippen LogP contribution in [0, 0.1) is 0 Å². The fourth-order valence-electron chi connectivity index (χ4n) is 2.06. The minimum atomic E-state index is 0.648. The van der Waals surface area contributed by atoms with Crippen molar-refractivity contribution in [3.63, 3.8) is 0 Å². The zero-order valence-electron chi connectivity index (χ0n) is 11.4. The maximum atomic E-state index is 5.92. The number of benzene rings is 2. The molecule has 0 saturated carbocycles. The topological polar surface area (TPSA) is 33.6 Å². The molecule has 0 amide bonds. The second kappa shape index (κ2) is 6.46. The summed E-state index contributed by atoms with van der Waals surface area (Å²) in [5, 5.41) is 4.11. The third-order valence-corrected chi connectivity index (χ3v) is 3.34. The predicted molar refractivity (Wildman–Crippen MR) is 87.7 cm³/mol. The summed E-state index contributed by atoms with van der Waals surface area (Å²) in [5.41, 5.74) is 2.98. The van der Waals surface area contributed by atoms with Gasteiger partial charge in [0.05, 0.1) is 12.2 Å². The number of ether oxygens (including phenoxy) is 1. The molecule has 0 aromatic heterocycles. The molecule has 3 rings (SSSR count). The molecule has 0 spiro atoms. The van der Waals surface area contributed by atoms with Gasteiger partial charge < -0.3 is 10.1 Å². The van der Waals surface area contributed by atoms with Crippen molar-refractivity contribution in [2.75, 3.05) is 18.5 Å². The number of halogens is 1. The molecule has 21 heavy (non-hydrogen) atoms. The first kappa shape index (κ1) is 13.7. The summed E-state index contributed by atoms with van der Waals surface area (Å²) in [6, 6.07) is 17.7. The van der Waals surface area contributed by atoms with Crippen LogP contribution in [0.25, 0.3) is 5.70 Å². The van der Waals surface area contributed by atoms with Gasteiger partial charge in [0, 0.05) is 16.8 Å². The van der Waals surface area contributed by atoms with E-state index in [0.717, 1.165) is 23.5 Å². The maximum absolute atomic E-state index is 5.92. The minimum absolute atomic E-state index is 0.648. The van der Waals surface area contributed by atoms with Crippen molar-refractivity contribution in [1.29, 1.82) is 0 Å². The highest BCUT2D eigenvalue weighted by molar-refractivity contribution is 6.30. The Labute approximate surface area is 128 Å². The average Bonchev–Trinajstić information content (AvgIpc) is 3.03. The van der Waals surface area contributed by atoms with Crippen molar-refractivity contribution in [2.24, 2.45) is 4.99 Å². The lowest BCUT2D eigenvalue weighted by atomic mass is 10.1. The Balaban J connectivity index is 1.90. The van der Waals surface area contributed by atoms with Gasteiger partial charge in [-0.25, -0.2) is 4.99 Å². The third-order valence-electron chi connectivity index (χ3n) is 3.08. The second-order valence-electron chi connectivity index (χ2n) is 4.62. The minimum Gasteiger partial charge on any atom is -0.476 e. The molecule has 1 heterocycles. The molecule has 3 nitrogen and oxygen atoms in total. The molecule has 0 saturated heterocycles. The fraction of sp³-hybridized carbons (Fsp3) is 0.118. The fourth-order valence-corrected chi connectivity index (χ4v) is 2.19. The van der Waals surface area contributed by atoms with Crippen LogP contribution in [0.3, 0.4) is 0 Å². The van der Waals surface area contributed by atoms with Crippen molar-refractivity contribution in [2.45, 2.75) is 0 Å². The molecule has 0 unspecified atom stereocenters. The van der Waals surface area contributed by atoms with Crippen LogP contribution in [0.5, 0.6) is 0 Å². The van der Waals surface area contributed by atoms with Crippen LogP contribution in [0.1, 0.15) is 5.56 Å². The van der Waals surface area contributed by atoms with E-state index in [4.69, 9.17) is 16.3 Å². The van der Waals surface area contributed by atoms with E-state index in [1.807, 2.05) is 60.7 Å². The van der Waals surface area contributed by atoms with Crippen LogP contribution in [-0.2, 0) is 4.74 Å². The van der Waals surface area contributed by atoms with E-state index in [1.54, 1.807) is 0 Å².